The van der Waals surface area contributed by atoms with Crippen LogP contribution in [-0.4, -0.2) is 70.3 Å². The molecule has 2 amide bonds. The van der Waals surface area contributed by atoms with Crippen molar-refractivity contribution < 1.29 is 19.1 Å². The predicted molar refractivity (Wildman–Crippen MR) is 101 cm³/mol. The summed E-state index contributed by atoms with van der Waals surface area (Å²) in [5.74, 6) is 0.634. The third-order valence-electron chi connectivity index (χ3n) is 4.31. The minimum absolute atomic E-state index is 0.0329. The number of fused-ring (bicyclic) bond motifs is 1. The van der Waals surface area contributed by atoms with Crippen molar-refractivity contribution in [2.45, 2.75) is 25.8 Å². The Bertz CT molecular complexity index is 633. The Morgan fingerprint density at radius 1 is 1.35 bits per heavy atom. The van der Waals surface area contributed by atoms with Gasteiger partial charge in [0.25, 0.3) is 5.91 Å². The molecule has 7 heteroatoms. The summed E-state index contributed by atoms with van der Waals surface area (Å²) < 4.78 is 11.1. The van der Waals surface area contributed by atoms with Crippen molar-refractivity contribution in [3.63, 3.8) is 0 Å². The molecule has 7 nitrogen and oxygen atoms in total. The molecule has 0 spiro atoms. The molecule has 1 N–H and O–H groups in total. The number of ether oxygens (including phenoxy) is 2. The lowest BCUT2D eigenvalue weighted by atomic mass is 10.1. The van der Waals surface area contributed by atoms with E-state index in [0.717, 1.165) is 17.9 Å². The van der Waals surface area contributed by atoms with Gasteiger partial charge in [-0.25, -0.2) is 0 Å². The first-order valence-corrected chi connectivity index (χ1v) is 8.99. The molecule has 0 bridgehead atoms. The zero-order chi connectivity index (χ0) is 19.1. The first-order valence-electron chi connectivity index (χ1n) is 8.99. The van der Waals surface area contributed by atoms with Crippen LogP contribution in [0.1, 0.15) is 30.1 Å². The fourth-order valence-corrected chi connectivity index (χ4v) is 2.79. The number of rotatable bonds is 8. The Labute approximate surface area is 155 Å². The number of hydrogen-bond acceptors (Lipinski definition) is 5. The fourth-order valence-electron chi connectivity index (χ4n) is 2.79. The van der Waals surface area contributed by atoms with Gasteiger partial charge in [-0.15, -0.1) is 0 Å². The second kappa shape index (κ2) is 9.43. The Morgan fingerprint density at radius 2 is 2.12 bits per heavy atom. The zero-order valence-electron chi connectivity index (χ0n) is 16.1. The maximum Gasteiger partial charge on any atom is 0.253 e. The van der Waals surface area contributed by atoms with E-state index in [-0.39, 0.29) is 17.9 Å². The van der Waals surface area contributed by atoms with E-state index in [4.69, 9.17) is 9.47 Å². The van der Waals surface area contributed by atoms with Gasteiger partial charge < -0.3 is 24.6 Å². The SMILES string of the molecule is CCCOCCNC(=O)CC1COc2ccc(C(=O)N(C)C)cc2N1C. The van der Waals surface area contributed by atoms with E-state index in [9.17, 15) is 9.59 Å². The Hall–Kier alpha value is -2.28. The van der Waals surface area contributed by atoms with E-state index in [1.807, 2.05) is 31.0 Å². The van der Waals surface area contributed by atoms with Gasteiger partial charge in [0.05, 0.1) is 24.8 Å². The summed E-state index contributed by atoms with van der Waals surface area (Å²) in [4.78, 5) is 27.9. The smallest absolute Gasteiger partial charge is 0.253 e. The summed E-state index contributed by atoms with van der Waals surface area (Å²) >= 11 is 0. The van der Waals surface area contributed by atoms with Gasteiger partial charge in [-0.1, -0.05) is 6.92 Å². The highest BCUT2D eigenvalue weighted by Crippen LogP contribution is 2.34. The molecule has 1 aliphatic rings. The largest absolute Gasteiger partial charge is 0.489 e. The van der Waals surface area contributed by atoms with Gasteiger partial charge >= 0.3 is 0 Å². The van der Waals surface area contributed by atoms with E-state index in [0.29, 0.717) is 38.3 Å². The van der Waals surface area contributed by atoms with Crippen LogP contribution in [-0.2, 0) is 9.53 Å². The maximum absolute atomic E-state index is 12.2. The fraction of sp³-hybridized carbons (Fsp3) is 0.579. The molecule has 1 atom stereocenters. The lowest BCUT2D eigenvalue weighted by Gasteiger charge is -2.35. The van der Waals surface area contributed by atoms with E-state index in [1.54, 1.807) is 20.2 Å². The van der Waals surface area contributed by atoms with E-state index in [1.165, 1.54) is 4.90 Å². The Kier molecular flexibility index (Phi) is 7.26. The summed E-state index contributed by atoms with van der Waals surface area (Å²) in [6.07, 6.45) is 1.30. The topological polar surface area (TPSA) is 71.1 Å². The van der Waals surface area contributed by atoms with Crippen molar-refractivity contribution in [2.75, 3.05) is 52.4 Å². The van der Waals surface area contributed by atoms with Crippen molar-refractivity contribution in [3.8, 4) is 5.75 Å². The molecular weight excluding hydrogens is 334 g/mol. The minimum Gasteiger partial charge on any atom is -0.489 e. The highest BCUT2D eigenvalue weighted by molar-refractivity contribution is 5.95. The minimum atomic E-state index is -0.0798. The summed E-state index contributed by atoms with van der Waals surface area (Å²) in [5, 5.41) is 2.87. The molecule has 26 heavy (non-hydrogen) atoms. The Balaban J connectivity index is 1.95. The molecule has 1 unspecified atom stereocenters. The lowest BCUT2D eigenvalue weighted by Crippen LogP contribution is -2.44. The number of hydrogen-bond donors (Lipinski definition) is 1. The highest BCUT2D eigenvalue weighted by Gasteiger charge is 2.27. The number of nitrogens with one attached hydrogen (secondary N) is 1. The number of benzene rings is 1. The van der Waals surface area contributed by atoms with Crippen molar-refractivity contribution in [1.82, 2.24) is 10.2 Å². The second-order valence-electron chi connectivity index (χ2n) is 6.62. The average molecular weight is 363 g/mol. The molecule has 1 aromatic rings. The number of carbonyl (C=O) groups excluding carboxylic acids is 2. The van der Waals surface area contributed by atoms with Crippen LogP contribution in [0.3, 0.4) is 0 Å². The van der Waals surface area contributed by atoms with Crippen molar-refractivity contribution in [1.29, 1.82) is 0 Å². The number of anilines is 1. The lowest BCUT2D eigenvalue weighted by molar-refractivity contribution is -0.121. The first-order chi connectivity index (χ1) is 12.4. The van der Waals surface area contributed by atoms with E-state index in [2.05, 4.69) is 5.32 Å². The molecular formula is C19H29N3O4. The summed E-state index contributed by atoms with van der Waals surface area (Å²) in [7, 11) is 5.37. The summed E-state index contributed by atoms with van der Waals surface area (Å²) in [5.41, 5.74) is 1.43. The molecule has 1 aliphatic heterocycles. The normalized spacial score (nSPS) is 15.8. The van der Waals surface area contributed by atoms with Crippen molar-refractivity contribution >= 4 is 17.5 Å². The second-order valence-corrected chi connectivity index (χ2v) is 6.62. The highest BCUT2D eigenvalue weighted by atomic mass is 16.5. The molecule has 1 heterocycles. The Morgan fingerprint density at radius 3 is 2.81 bits per heavy atom. The molecule has 0 fully saturated rings. The van der Waals surface area contributed by atoms with Gasteiger partial charge in [0.15, 0.2) is 0 Å². The first kappa shape index (κ1) is 20.0. The molecule has 144 valence electrons. The third-order valence-corrected chi connectivity index (χ3v) is 4.31. The molecule has 0 saturated carbocycles. The number of carbonyl (C=O) groups is 2. The van der Waals surface area contributed by atoms with Crippen LogP contribution in [0.15, 0.2) is 18.2 Å². The molecule has 0 saturated heterocycles. The van der Waals surface area contributed by atoms with Crippen molar-refractivity contribution in [3.05, 3.63) is 23.8 Å². The van der Waals surface area contributed by atoms with Crippen LogP contribution >= 0.6 is 0 Å². The van der Waals surface area contributed by atoms with Crippen LogP contribution in [0.4, 0.5) is 5.69 Å². The van der Waals surface area contributed by atoms with E-state index >= 15 is 0 Å². The number of likely N-dealkylation sites (N-methyl/N-ethyl adjacent to an activating group) is 1. The molecule has 2 rings (SSSR count). The van der Waals surface area contributed by atoms with Crippen LogP contribution in [0.5, 0.6) is 5.75 Å². The molecule has 0 radical (unpaired) electrons. The van der Waals surface area contributed by atoms with Gasteiger partial charge in [-0.3, -0.25) is 9.59 Å². The molecule has 0 aromatic heterocycles. The quantitative estimate of drug-likeness (QED) is 0.709. The third kappa shape index (κ3) is 5.11. The zero-order valence-corrected chi connectivity index (χ0v) is 16.1. The number of nitrogens with zero attached hydrogens (tertiary/aromatic N) is 2. The van der Waals surface area contributed by atoms with Crippen LogP contribution in [0.25, 0.3) is 0 Å². The summed E-state index contributed by atoms with van der Waals surface area (Å²) in [6, 6.07) is 5.31. The standard InChI is InChI=1S/C19H29N3O4/c1-5-9-25-10-8-20-18(23)12-15-13-26-17-7-6-14(19(24)21(2)3)11-16(17)22(15)4/h6-7,11,15H,5,8-10,12-13H2,1-4H3,(H,20,23). The molecule has 1 aromatic carbocycles. The van der Waals surface area contributed by atoms with Gasteiger partial charge in [0.1, 0.15) is 12.4 Å². The van der Waals surface area contributed by atoms with Crippen LogP contribution in [0.2, 0.25) is 0 Å². The predicted octanol–water partition coefficient (Wildman–Crippen LogP) is 1.52. The van der Waals surface area contributed by atoms with Gasteiger partial charge in [-0.2, -0.15) is 0 Å². The summed E-state index contributed by atoms with van der Waals surface area (Å²) in [6.45, 7) is 4.22. The van der Waals surface area contributed by atoms with Crippen LogP contribution < -0.4 is 15.0 Å². The number of amides is 2. The van der Waals surface area contributed by atoms with Crippen LogP contribution in [0, 0.1) is 0 Å². The van der Waals surface area contributed by atoms with Crippen molar-refractivity contribution in [2.24, 2.45) is 0 Å². The average Bonchev–Trinajstić information content (AvgIpc) is 2.63. The van der Waals surface area contributed by atoms with Gasteiger partial charge in [0.2, 0.25) is 5.91 Å². The van der Waals surface area contributed by atoms with Gasteiger partial charge in [0, 0.05) is 39.9 Å². The molecule has 0 aliphatic carbocycles. The maximum atomic E-state index is 12.2. The van der Waals surface area contributed by atoms with E-state index < -0.39 is 0 Å². The monoisotopic (exact) mass is 363 g/mol. The van der Waals surface area contributed by atoms with Gasteiger partial charge in [-0.05, 0) is 24.6 Å².